The number of ketones is 2. The fourth-order valence-corrected chi connectivity index (χ4v) is 9.25. The Morgan fingerprint density at radius 3 is 2.39 bits per heavy atom. The summed E-state index contributed by atoms with van der Waals surface area (Å²) in [4.78, 5) is 48.0. The number of allylic oxidation sites excluding steroid dienone is 9. The van der Waals surface area contributed by atoms with Gasteiger partial charge in [0.25, 0.3) is 0 Å². The maximum absolute atomic E-state index is 13.6. The van der Waals surface area contributed by atoms with Gasteiger partial charge in [0.15, 0.2) is 11.6 Å². The molecule has 9 unspecified atom stereocenters. The fraction of sp³-hybridized carbons (Fsp3) is 0.667. The average Bonchev–Trinajstić information content (AvgIpc) is 3.33. The maximum Gasteiger partial charge on any atom is 0.310 e. The van der Waals surface area contributed by atoms with Crippen molar-refractivity contribution in [1.29, 1.82) is 0 Å². The number of hydrogen-bond acceptors (Lipinski definition) is 6. The van der Waals surface area contributed by atoms with E-state index in [9.17, 15) is 24.3 Å². The summed E-state index contributed by atoms with van der Waals surface area (Å²) in [6.07, 6.45) is 21.4. The molecule has 0 radical (unpaired) electrons. The van der Waals surface area contributed by atoms with Crippen LogP contribution in [-0.2, 0) is 23.9 Å². The van der Waals surface area contributed by atoms with Crippen LogP contribution in [0.5, 0.6) is 0 Å². The Kier molecular flexibility index (Phi) is 16.6. The van der Waals surface area contributed by atoms with Crippen molar-refractivity contribution < 1.29 is 34.1 Å². The van der Waals surface area contributed by atoms with Gasteiger partial charge in [0.05, 0.1) is 12.5 Å². The number of hydrogen-bond donors (Lipinski definition) is 2. The van der Waals surface area contributed by atoms with E-state index in [2.05, 4.69) is 45.9 Å². The predicted molar refractivity (Wildman–Crippen MR) is 197 cm³/mol. The summed E-state index contributed by atoms with van der Waals surface area (Å²) in [5.74, 6) is -0.0757. The Bertz CT molecular complexity index is 1300. The summed E-state index contributed by atoms with van der Waals surface area (Å²) >= 11 is 0. The highest BCUT2D eigenvalue weighted by atomic mass is 16.5. The second kappa shape index (κ2) is 19.4. The molecule has 0 amide bonds. The molecule has 0 bridgehead atoms. The Morgan fingerprint density at radius 2 is 1.76 bits per heavy atom. The zero-order valence-corrected chi connectivity index (χ0v) is 31.7. The quantitative estimate of drug-likeness (QED) is 0.194. The molecule has 0 aliphatic heterocycles. The molecular formula is C42H64O7. The van der Waals surface area contributed by atoms with Gasteiger partial charge in [0.1, 0.15) is 6.61 Å². The number of carbonyl (C=O) groups excluding carboxylic acids is 3. The third-order valence-electron chi connectivity index (χ3n) is 11.2. The van der Waals surface area contributed by atoms with E-state index in [4.69, 9.17) is 9.84 Å². The van der Waals surface area contributed by atoms with Gasteiger partial charge >= 0.3 is 11.9 Å². The second-order valence-corrected chi connectivity index (χ2v) is 14.5. The van der Waals surface area contributed by atoms with Crippen LogP contribution in [0.1, 0.15) is 120 Å². The summed E-state index contributed by atoms with van der Waals surface area (Å²) < 4.78 is 5.53. The van der Waals surface area contributed by atoms with Crippen molar-refractivity contribution in [2.45, 2.75) is 126 Å². The summed E-state index contributed by atoms with van der Waals surface area (Å²) in [5, 5.41) is 19.6. The molecule has 0 saturated heterocycles. The van der Waals surface area contributed by atoms with Gasteiger partial charge in [-0.1, -0.05) is 116 Å². The topological polar surface area (TPSA) is 118 Å². The Hall–Kier alpha value is -3.06. The molecule has 7 nitrogen and oxygen atoms in total. The summed E-state index contributed by atoms with van der Waals surface area (Å²) in [5.41, 5.74) is 1.47. The molecule has 274 valence electrons. The van der Waals surface area contributed by atoms with Gasteiger partial charge in [-0.3, -0.25) is 19.2 Å². The molecule has 0 aromatic rings. The number of carboxylic acids is 1. The molecule has 5 aliphatic carbocycles. The van der Waals surface area contributed by atoms with Crippen molar-refractivity contribution in [3.05, 3.63) is 59.8 Å². The van der Waals surface area contributed by atoms with Crippen LogP contribution in [0.3, 0.4) is 0 Å². The van der Waals surface area contributed by atoms with Crippen molar-refractivity contribution in [2.75, 3.05) is 6.61 Å². The lowest BCUT2D eigenvalue weighted by Crippen LogP contribution is -2.56. The largest absolute Gasteiger partial charge is 0.481 e. The number of aliphatic hydroxyl groups is 1. The molecular weight excluding hydrogens is 616 g/mol. The van der Waals surface area contributed by atoms with Crippen LogP contribution in [0, 0.1) is 46.3 Å². The van der Waals surface area contributed by atoms with Crippen molar-refractivity contribution in [3.8, 4) is 0 Å². The molecule has 49 heavy (non-hydrogen) atoms. The van der Waals surface area contributed by atoms with Crippen LogP contribution in [0.25, 0.3) is 0 Å². The lowest BCUT2D eigenvalue weighted by Gasteiger charge is -2.58. The van der Waals surface area contributed by atoms with E-state index < -0.39 is 12.1 Å². The summed E-state index contributed by atoms with van der Waals surface area (Å²) in [7, 11) is 0. The predicted octanol–water partition coefficient (Wildman–Crippen LogP) is 9.02. The zero-order chi connectivity index (χ0) is 36.9. The first-order valence-corrected chi connectivity index (χ1v) is 18.9. The van der Waals surface area contributed by atoms with E-state index in [0.29, 0.717) is 37.0 Å². The first kappa shape index (κ1) is 42.1. The van der Waals surface area contributed by atoms with Crippen LogP contribution in [0.15, 0.2) is 59.8 Å². The van der Waals surface area contributed by atoms with Gasteiger partial charge in [-0.05, 0) is 79.8 Å². The van der Waals surface area contributed by atoms with Crippen LogP contribution in [0.4, 0.5) is 0 Å². The molecule has 0 aromatic carbocycles. The van der Waals surface area contributed by atoms with Crippen molar-refractivity contribution in [1.82, 2.24) is 0 Å². The minimum absolute atomic E-state index is 0.0208. The number of unbranched alkanes of at least 4 members (excludes halogenated alkanes) is 1. The van der Waals surface area contributed by atoms with E-state index in [1.807, 2.05) is 52.8 Å². The lowest BCUT2D eigenvalue weighted by molar-refractivity contribution is -0.153. The third kappa shape index (κ3) is 10.2. The molecule has 5 aliphatic rings. The number of ether oxygens (including phenoxy) is 1. The maximum atomic E-state index is 13.6. The zero-order valence-electron chi connectivity index (χ0n) is 31.7. The summed E-state index contributed by atoms with van der Waals surface area (Å²) in [6, 6.07) is 0. The monoisotopic (exact) mass is 680 g/mol. The van der Waals surface area contributed by atoms with Crippen LogP contribution in [0.2, 0.25) is 0 Å². The number of Topliss-reactive ketones (excluding diaryl/α,β-unsaturated/α-hetero) is 1. The molecule has 2 N–H and O–H groups in total. The van der Waals surface area contributed by atoms with Gasteiger partial charge in [-0.25, -0.2) is 0 Å². The van der Waals surface area contributed by atoms with Gasteiger partial charge in [-0.15, -0.1) is 0 Å². The van der Waals surface area contributed by atoms with Gasteiger partial charge < -0.3 is 14.9 Å². The van der Waals surface area contributed by atoms with E-state index in [1.165, 1.54) is 0 Å². The fourth-order valence-electron chi connectivity index (χ4n) is 9.25. The highest BCUT2D eigenvalue weighted by Crippen LogP contribution is 2.67. The first-order valence-electron chi connectivity index (χ1n) is 18.9. The average molecular weight is 681 g/mol. The number of fused-ring (bicyclic) bond motifs is 5. The standard InChI is InChI=1S/C33H42O5.C5H10O2.2C2H6/c1-20-7-5-9-22(10-6-8-20)16-29(37)38-19-28(36)30-21(2)15-26-25-12-11-23-17-24(34)13-14-32(23,3)31(25)27(35)18-33(26,30)4;1-2-3-4-5(6)7;2*1-2/h5-9,13-14,17,20-21,25-27,30-31,35H,10-12,15-16,18-19H2,1-4H3;2-4H2,1H3,(H,6,7);2*1-2H3/b7-5-,8-6?,22-9+;;;. The van der Waals surface area contributed by atoms with Crippen LogP contribution < -0.4 is 0 Å². The van der Waals surface area contributed by atoms with Crippen LogP contribution >= 0.6 is 0 Å². The van der Waals surface area contributed by atoms with Gasteiger partial charge in [0, 0.05) is 23.7 Å². The molecule has 0 aromatic heterocycles. The molecule has 3 saturated carbocycles. The molecule has 3 fully saturated rings. The highest BCUT2D eigenvalue weighted by molar-refractivity contribution is 6.01. The summed E-state index contributed by atoms with van der Waals surface area (Å²) in [6.45, 7) is 18.4. The Labute approximate surface area is 296 Å². The van der Waals surface area contributed by atoms with E-state index in [1.54, 1.807) is 12.2 Å². The van der Waals surface area contributed by atoms with E-state index >= 15 is 0 Å². The number of carbonyl (C=O) groups is 4. The minimum atomic E-state index is -0.693. The van der Waals surface area contributed by atoms with Gasteiger partial charge in [0.2, 0.25) is 0 Å². The molecule has 9 atom stereocenters. The number of carboxylic acid groups (broad SMARTS) is 1. The Balaban J connectivity index is 0.000000667. The minimum Gasteiger partial charge on any atom is -0.481 e. The molecule has 7 heteroatoms. The Morgan fingerprint density at radius 1 is 1.06 bits per heavy atom. The second-order valence-electron chi connectivity index (χ2n) is 14.5. The van der Waals surface area contributed by atoms with E-state index in [-0.39, 0.29) is 59.1 Å². The van der Waals surface area contributed by atoms with Crippen molar-refractivity contribution >= 4 is 23.5 Å². The number of esters is 1. The van der Waals surface area contributed by atoms with Crippen LogP contribution in [-0.4, -0.2) is 46.4 Å². The number of rotatable bonds is 8. The van der Waals surface area contributed by atoms with E-state index in [0.717, 1.165) is 43.3 Å². The van der Waals surface area contributed by atoms with Crippen molar-refractivity contribution in [3.63, 3.8) is 0 Å². The number of aliphatic carboxylic acids is 1. The highest BCUT2D eigenvalue weighted by Gasteiger charge is 2.64. The smallest absolute Gasteiger partial charge is 0.310 e. The normalized spacial score (nSPS) is 35.6. The SMILES string of the molecule is CC.CC.CC1C=CC/C(CC(=O)OCC(=O)C2C(C)CC3C4CCC5=CC(=O)C=CC5(C)C4C(O)CC32C)=C\C=C/1.CCCCC(=O)O. The number of aliphatic hydroxyl groups excluding tert-OH is 1. The first-order chi connectivity index (χ1) is 23.3. The molecule has 0 heterocycles. The molecule has 5 rings (SSSR count). The third-order valence-corrected chi connectivity index (χ3v) is 11.2. The molecule has 0 spiro atoms. The lowest BCUT2D eigenvalue weighted by atomic mass is 9.46. The van der Waals surface area contributed by atoms with Crippen molar-refractivity contribution in [2.24, 2.45) is 46.3 Å². The van der Waals surface area contributed by atoms with Gasteiger partial charge in [-0.2, -0.15) is 0 Å².